The second-order valence-corrected chi connectivity index (χ2v) is 6.35. The number of methoxy groups -OCH3 is 2. The van der Waals surface area contributed by atoms with E-state index in [9.17, 15) is 9.59 Å². The zero-order valence-electron chi connectivity index (χ0n) is 15.5. The lowest BCUT2D eigenvalue weighted by Gasteiger charge is -2.32. The van der Waals surface area contributed by atoms with Crippen molar-refractivity contribution in [2.75, 3.05) is 27.3 Å². The van der Waals surface area contributed by atoms with Crippen LogP contribution < -0.4 is 14.8 Å². The number of carbonyl (C=O) groups excluding carboxylic acids is 2. The van der Waals surface area contributed by atoms with Crippen molar-refractivity contribution in [1.29, 1.82) is 0 Å². The Bertz CT molecular complexity index is 802. The standard InChI is InChI=1S/C20H23N3O4/c1-26-17-6-5-14(12-18(17)27-2)20(25)23-10-7-16(8-11-23)22-19(24)15-4-3-9-21-13-15/h3-6,9,12-13,16H,7-8,10-11H2,1-2H3,(H,22,24). The third-order valence-electron chi connectivity index (χ3n) is 4.67. The molecule has 0 unspecified atom stereocenters. The van der Waals surface area contributed by atoms with Gasteiger partial charge >= 0.3 is 0 Å². The quantitative estimate of drug-likeness (QED) is 0.873. The van der Waals surface area contributed by atoms with E-state index in [-0.39, 0.29) is 17.9 Å². The molecule has 1 saturated heterocycles. The lowest BCUT2D eigenvalue weighted by atomic mass is 10.0. The van der Waals surface area contributed by atoms with Crippen molar-refractivity contribution in [2.24, 2.45) is 0 Å². The summed E-state index contributed by atoms with van der Waals surface area (Å²) in [5, 5.41) is 3.01. The minimum absolute atomic E-state index is 0.0482. The maximum Gasteiger partial charge on any atom is 0.253 e. The molecule has 0 radical (unpaired) electrons. The lowest BCUT2D eigenvalue weighted by Crippen LogP contribution is -2.46. The summed E-state index contributed by atoms with van der Waals surface area (Å²) in [5.74, 6) is 0.939. The van der Waals surface area contributed by atoms with E-state index in [1.165, 1.54) is 0 Å². The van der Waals surface area contributed by atoms with E-state index < -0.39 is 0 Å². The smallest absolute Gasteiger partial charge is 0.253 e. The molecule has 0 atom stereocenters. The number of likely N-dealkylation sites (tertiary alicyclic amines) is 1. The largest absolute Gasteiger partial charge is 0.493 e. The molecule has 3 rings (SSSR count). The minimum Gasteiger partial charge on any atom is -0.493 e. The number of ether oxygens (including phenoxy) is 2. The van der Waals surface area contributed by atoms with Crippen LogP contribution in [-0.2, 0) is 0 Å². The van der Waals surface area contributed by atoms with Crippen LogP contribution in [0.5, 0.6) is 11.5 Å². The van der Waals surface area contributed by atoms with E-state index in [1.54, 1.807) is 61.8 Å². The van der Waals surface area contributed by atoms with Crippen molar-refractivity contribution in [3.05, 3.63) is 53.9 Å². The molecule has 7 heteroatoms. The van der Waals surface area contributed by atoms with Crippen molar-refractivity contribution in [3.8, 4) is 11.5 Å². The van der Waals surface area contributed by atoms with Crippen LogP contribution in [-0.4, -0.2) is 55.0 Å². The van der Waals surface area contributed by atoms with Crippen LogP contribution in [0.4, 0.5) is 0 Å². The highest BCUT2D eigenvalue weighted by molar-refractivity contribution is 5.95. The predicted octanol–water partition coefficient (Wildman–Crippen LogP) is 2.13. The first-order valence-corrected chi connectivity index (χ1v) is 8.84. The average Bonchev–Trinajstić information content (AvgIpc) is 2.73. The summed E-state index contributed by atoms with van der Waals surface area (Å²) in [6.45, 7) is 1.18. The maximum absolute atomic E-state index is 12.8. The van der Waals surface area contributed by atoms with Gasteiger partial charge in [0.05, 0.1) is 19.8 Å². The SMILES string of the molecule is COc1ccc(C(=O)N2CCC(NC(=O)c3cccnc3)CC2)cc1OC. The molecule has 1 aliphatic heterocycles. The zero-order chi connectivity index (χ0) is 19.2. The summed E-state index contributed by atoms with van der Waals surface area (Å²) < 4.78 is 10.5. The van der Waals surface area contributed by atoms with Crippen LogP contribution in [0.25, 0.3) is 0 Å². The molecule has 0 bridgehead atoms. The molecular weight excluding hydrogens is 346 g/mol. The van der Waals surface area contributed by atoms with Crippen LogP contribution in [0.1, 0.15) is 33.6 Å². The molecule has 2 aromatic rings. The van der Waals surface area contributed by atoms with Crippen molar-refractivity contribution >= 4 is 11.8 Å². The second kappa shape index (κ2) is 8.53. The first-order chi connectivity index (χ1) is 13.1. The number of amides is 2. The van der Waals surface area contributed by atoms with Gasteiger partial charge < -0.3 is 19.7 Å². The minimum atomic E-state index is -0.132. The Balaban J connectivity index is 1.57. The zero-order valence-corrected chi connectivity index (χ0v) is 15.5. The van der Waals surface area contributed by atoms with Crippen molar-refractivity contribution < 1.29 is 19.1 Å². The topological polar surface area (TPSA) is 80.8 Å². The molecule has 2 amide bonds. The summed E-state index contributed by atoms with van der Waals surface area (Å²) in [7, 11) is 3.10. The Morgan fingerprint density at radius 2 is 1.81 bits per heavy atom. The highest BCUT2D eigenvalue weighted by Crippen LogP contribution is 2.28. The van der Waals surface area contributed by atoms with Gasteiger partial charge in [0.25, 0.3) is 11.8 Å². The van der Waals surface area contributed by atoms with E-state index in [0.29, 0.717) is 48.6 Å². The number of piperidine rings is 1. The number of nitrogens with zero attached hydrogens (tertiary/aromatic N) is 2. The van der Waals surface area contributed by atoms with Gasteiger partial charge in [-0.05, 0) is 43.2 Å². The van der Waals surface area contributed by atoms with E-state index in [1.807, 2.05) is 0 Å². The molecule has 27 heavy (non-hydrogen) atoms. The van der Waals surface area contributed by atoms with Gasteiger partial charge in [-0.1, -0.05) is 0 Å². The molecule has 1 N–H and O–H groups in total. The molecule has 1 fully saturated rings. The van der Waals surface area contributed by atoms with Gasteiger partial charge in [-0.2, -0.15) is 0 Å². The number of nitrogens with one attached hydrogen (secondary N) is 1. The Morgan fingerprint density at radius 3 is 2.44 bits per heavy atom. The molecule has 0 spiro atoms. The molecule has 1 aromatic carbocycles. The normalized spacial score (nSPS) is 14.5. The van der Waals surface area contributed by atoms with Gasteiger partial charge in [-0.25, -0.2) is 0 Å². The number of hydrogen-bond acceptors (Lipinski definition) is 5. The number of carbonyl (C=O) groups is 2. The Hall–Kier alpha value is -3.09. The van der Waals surface area contributed by atoms with Gasteiger partial charge in [-0.3, -0.25) is 14.6 Å². The Labute approximate surface area is 158 Å². The van der Waals surface area contributed by atoms with E-state index in [2.05, 4.69) is 10.3 Å². The molecule has 0 aliphatic carbocycles. The van der Waals surface area contributed by atoms with Crippen LogP contribution in [0.3, 0.4) is 0 Å². The third kappa shape index (κ3) is 4.36. The molecule has 2 heterocycles. The number of hydrogen-bond donors (Lipinski definition) is 1. The molecule has 0 saturated carbocycles. The van der Waals surface area contributed by atoms with Crippen LogP contribution in [0.15, 0.2) is 42.7 Å². The lowest BCUT2D eigenvalue weighted by molar-refractivity contribution is 0.0697. The first kappa shape index (κ1) is 18.7. The number of rotatable bonds is 5. The summed E-state index contributed by atoms with van der Waals surface area (Å²) in [5.41, 5.74) is 1.10. The highest BCUT2D eigenvalue weighted by Gasteiger charge is 2.25. The molecule has 142 valence electrons. The third-order valence-corrected chi connectivity index (χ3v) is 4.67. The fourth-order valence-corrected chi connectivity index (χ4v) is 3.14. The molecular formula is C20H23N3O4. The second-order valence-electron chi connectivity index (χ2n) is 6.35. The van der Waals surface area contributed by atoms with E-state index in [4.69, 9.17) is 9.47 Å². The summed E-state index contributed by atoms with van der Waals surface area (Å²) in [6, 6.07) is 8.67. The fraction of sp³-hybridized carbons (Fsp3) is 0.350. The number of benzene rings is 1. The Morgan fingerprint density at radius 1 is 1.07 bits per heavy atom. The van der Waals surface area contributed by atoms with Crippen LogP contribution in [0, 0.1) is 0 Å². The van der Waals surface area contributed by atoms with Gasteiger partial charge in [0.1, 0.15) is 0 Å². The monoisotopic (exact) mass is 369 g/mol. The van der Waals surface area contributed by atoms with Crippen molar-refractivity contribution in [2.45, 2.75) is 18.9 Å². The van der Waals surface area contributed by atoms with Crippen molar-refractivity contribution in [1.82, 2.24) is 15.2 Å². The number of pyridine rings is 1. The summed E-state index contributed by atoms with van der Waals surface area (Å²) in [4.78, 5) is 30.7. The maximum atomic E-state index is 12.8. The molecule has 7 nitrogen and oxygen atoms in total. The van der Waals surface area contributed by atoms with Crippen LogP contribution in [0.2, 0.25) is 0 Å². The number of aromatic nitrogens is 1. The highest BCUT2D eigenvalue weighted by atomic mass is 16.5. The summed E-state index contributed by atoms with van der Waals surface area (Å²) in [6.07, 6.45) is 4.61. The van der Waals surface area contributed by atoms with Gasteiger partial charge in [-0.15, -0.1) is 0 Å². The fourth-order valence-electron chi connectivity index (χ4n) is 3.14. The van der Waals surface area contributed by atoms with Gasteiger partial charge in [0, 0.05) is 37.1 Å². The average molecular weight is 369 g/mol. The molecule has 1 aliphatic rings. The summed E-state index contributed by atoms with van der Waals surface area (Å²) >= 11 is 0. The first-order valence-electron chi connectivity index (χ1n) is 8.84. The molecule has 1 aromatic heterocycles. The van der Waals surface area contributed by atoms with E-state index >= 15 is 0 Å². The predicted molar refractivity (Wildman–Crippen MR) is 100 cm³/mol. The van der Waals surface area contributed by atoms with E-state index in [0.717, 1.165) is 0 Å². The van der Waals surface area contributed by atoms with Gasteiger partial charge in [0.2, 0.25) is 0 Å². The van der Waals surface area contributed by atoms with Crippen LogP contribution >= 0.6 is 0 Å². The van der Waals surface area contributed by atoms with Crippen molar-refractivity contribution in [3.63, 3.8) is 0 Å². The van der Waals surface area contributed by atoms with Gasteiger partial charge in [0.15, 0.2) is 11.5 Å². The Kier molecular flexibility index (Phi) is 5.90.